The number of aliphatic carboxylic acids is 1. The quantitative estimate of drug-likeness (QED) is 0.583. The monoisotopic (exact) mass is 395 g/mol. The molecule has 0 heterocycles. The molecule has 29 heavy (non-hydrogen) atoms. The van der Waals surface area contributed by atoms with Crippen LogP contribution in [0.25, 0.3) is 11.1 Å². The van der Waals surface area contributed by atoms with Crippen molar-refractivity contribution in [3.05, 3.63) is 59.7 Å². The molecule has 0 spiro atoms. The van der Waals surface area contributed by atoms with Crippen molar-refractivity contribution in [2.45, 2.75) is 39.0 Å². The normalized spacial score (nSPS) is 13.6. The van der Waals surface area contributed by atoms with Gasteiger partial charge in [0.2, 0.25) is 0 Å². The van der Waals surface area contributed by atoms with Gasteiger partial charge in [0.05, 0.1) is 5.92 Å². The fourth-order valence-electron chi connectivity index (χ4n) is 4.10. The molecule has 0 aromatic heterocycles. The van der Waals surface area contributed by atoms with Crippen LogP contribution < -0.4 is 5.32 Å². The van der Waals surface area contributed by atoms with Crippen LogP contribution in [0, 0.1) is 11.8 Å². The fourth-order valence-corrected chi connectivity index (χ4v) is 4.10. The number of nitrogens with one attached hydrogen (secondary N) is 1. The molecule has 0 saturated heterocycles. The van der Waals surface area contributed by atoms with Gasteiger partial charge in [-0.3, -0.25) is 4.79 Å². The molecule has 0 fully saturated rings. The number of alkyl carbamates (subject to hydrolysis) is 1. The maximum atomic E-state index is 12.1. The van der Waals surface area contributed by atoms with E-state index in [4.69, 9.17) is 4.74 Å². The van der Waals surface area contributed by atoms with Crippen LogP contribution >= 0.6 is 0 Å². The molecule has 1 amide bonds. The molecule has 154 valence electrons. The number of ether oxygens (including phenoxy) is 1. The molecule has 0 aliphatic heterocycles. The lowest BCUT2D eigenvalue weighted by Gasteiger charge is -2.16. The van der Waals surface area contributed by atoms with E-state index >= 15 is 0 Å². The van der Waals surface area contributed by atoms with E-state index in [1.165, 1.54) is 22.3 Å². The Labute approximate surface area is 172 Å². The van der Waals surface area contributed by atoms with Crippen molar-refractivity contribution in [2.24, 2.45) is 11.8 Å². The highest BCUT2D eigenvalue weighted by Gasteiger charge is 2.29. The highest BCUT2D eigenvalue weighted by molar-refractivity contribution is 5.79. The van der Waals surface area contributed by atoms with Crippen molar-refractivity contribution < 1.29 is 19.4 Å². The molecular weight excluding hydrogens is 366 g/mol. The Kier molecular flexibility index (Phi) is 6.91. The lowest BCUT2D eigenvalue weighted by molar-refractivity contribution is -0.142. The molecule has 2 N–H and O–H groups in total. The van der Waals surface area contributed by atoms with E-state index in [0.29, 0.717) is 31.7 Å². The Balaban J connectivity index is 1.48. The number of hydrogen-bond acceptors (Lipinski definition) is 3. The Morgan fingerprint density at radius 2 is 1.62 bits per heavy atom. The average Bonchev–Trinajstić information content (AvgIpc) is 3.02. The molecule has 2 aromatic rings. The molecule has 1 aliphatic carbocycles. The molecule has 2 aromatic carbocycles. The van der Waals surface area contributed by atoms with Crippen molar-refractivity contribution in [1.29, 1.82) is 0 Å². The van der Waals surface area contributed by atoms with E-state index in [9.17, 15) is 14.7 Å². The number of amides is 1. The summed E-state index contributed by atoms with van der Waals surface area (Å²) >= 11 is 0. The fraction of sp³-hybridized carbons (Fsp3) is 0.417. The van der Waals surface area contributed by atoms with Crippen LogP contribution in [0.1, 0.15) is 50.2 Å². The number of carboxylic acid groups (broad SMARTS) is 1. The molecule has 0 unspecified atom stereocenters. The van der Waals surface area contributed by atoms with Gasteiger partial charge in [-0.1, -0.05) is 62.4 Å². The van der Waals surface area contributed by atoms with Crippen LogP contribution in [0.2, 0.25) is 0 Å². The molecular formula is C24H29NO4. The first-order chi connectivity index (χ1) is 14.0. The van der Waals surface area contributed by atoms with Gasteiger partial charge in [0.25, 0.3) is 0 Å². The van der Waals surface area contributed by atoms with Crippen LogP contribution in [-0.2, 0) is 9.53 Å². The van der Waals surface area contributed by atoms with Crippen LogP contribution in [0.5, 0.6) is 0 Å². The molecule has 5 heteroatoms. The summed E-state index contributed by atoms with van der Waals surface area (Å²) in [5.41, 5.74) is 4.75. The van der Waals surface area contributed by atoms with Crippen LogP contribution in [0.3, 0.4) is 0 Å². The van der Waals surface area contributed by atoms with Crippen molar-refractivity contribution in [3.8, 4) is 11.1 Å². The molecule has 0 bridgehead atoms. The Bertz CT molecular complexity index is 816. The van der Waals surface area contributed by atoms with Gasteiger partial charge in [0.1, 0.15) is 6.61 Å². The maximum absolute atomic E-state index is 12.1. The second-order valence-electron chi connectivity index (χ2n) is 8.06. The lowest BCUT2D eigenvalue weighted by Crippen LogP contribution is -2.28. The van der Waals surface area contributed by atoms with E-state index in [2.05, 4.69) is 29.6 Å². The number of carbonyl (C=O) groups excluding carboxylic acids is 1. The number of hydrogen-bond donors (Lipinski definition) is 2. The number of carboxylic acids is 1. The highest BCUT2D eigenvalue weighted by Crippen LogP contribution is 2.44. The van der Waals surface area contributed by atoms with Crippen molar-refractivity contribution >= 4 is 12.1 Å². The summed E-state index contributed by atoms with van der Waals surface area (Å²) in [7, 11) is 0. The van der Waals surface area contributed by atoms with Gasteiger partial charge in [-0.15, -0.1) is 0 Å². The minimum absolute atomic E-state index is 0.0376. The first-order valence-electron chi connectivity index (χ1n) is 10.3. The zero-order valence-corrected chi connectivity index (χ0v) is 17.1. The van der Waals surface area contributed by atoms with E-state index < -0.39 is 12.1 Å². The molecule has 0 saturated carbocycles. The topological polar surface area (TPSA) is 75.6 Å². The second-order valence-corrected chi connectivity index (χ2v) is 8.06. The third-order valence-electron chi connectivity index (χ3n) is 5.45. The lowest BCUT2D eigenvalue weighted by atomic mass is 9.93. The zero-order valence-electron chi connectivity index (χ0n) is 17.1. The SMILES string of the molecule is CC(C)C[C@H](CCCNC(=O)OCC1c2ccccc2-c2ccccc21)C(=O)O. The maximum Gasteiger partial charge on any atom is 0.407 e. The summed E-state index contributed by atoms with van der Waals surface area (Å²) in [5, 5.41) is 12.0. The smallest absolute Gasteiger partial charge is 0.407 e. The summed E-state index contributed by atoms with van der Waals surface area (Å²) in [5.74, 6) is -0.749. The largest absolute Gasteiger partial charge is 0.481 e. The molecule has 1 aliphatic rings. The van der Waals surface area contributed by atoms with Gasteiger partial charge < -0.3 is 15.2 Å². The zero-order chi connectivity index (χ0) is 20.8. The van der Waals surface area contributed by atoms with E-state index in [1.807, 2.05) is 38.1 Å². The molecule has 1 atom stereocenters. The van der Waals surface area contributed by atoms with Crippen molar-refractivity contribution in [1.82, 2.24) is 5.32 Å². The average molecular weight is 395 g/mol. The summed E-state index contributed by atoms with van der Waals surface area (Å²) in [6.07, 6.45) is 1.37. The number of carbonyl (C=O) groups is 2. The Morgan fingerprint density at radius 1 is 1.03 bits per heavy atom. The standard InChI is InChI=1S/C24H29NO4/c1-16(2)14-17(23(26)27)8-7-13-25-24(28)29-15-22-20-11-5-3-9-18(20)19-10-4-6-12-21(19)22/h3-6,9-12,16-17,22H,7-8,13-15H2,1-2H3,(H,25,28)(H,26,27)/t17-/m0/s1. The van der Waals surface area contributed by atoms with Crippen molar-refractivity contribution in [2.75, 3.05) is 13.2 Å². The van der Waals surface area contributed by atoms with Gasteiger partial charge in [-0.05, 0) is 47.4 Å². The number of benzene rings is 2. The van der Waals surface area contributed by atoms with Gasteiger partial charge in [0.15, 0.2) is 0 Å². The van der Waals surface area contributed by atoms with E-state index in [-0.39, 0.29) is 18.4 Å². The first kappa shape index (κ1) is 20.9. The predicted octanol–water partition coefficient (Wildman–Crippen LogP) is 5.05. The minimum atomic E-state index is -0.764. The highest BCUT2D eigenvalue weighted by atomic mass is 16.5. The van der Waals surface area contributed by atoms with Crippen molar-refractivity contribution in [3.63, 3.8) is 0 Å². The van der Waals surface area contributed by atoms with Gasteiger partial charge in [-0.25, -0.2) is 4.79 Å². The first-order valence-corrected chi connectivity index (χ1v) is 10.3. The van der Waals surface area contributed by atoms with E-state index in [0.717, 1.165) is 0 Å². The molecule has 5 nitrogen and oxygen atoms in total. The van der Waals surface area contributed by atoms with Crippen LogP contribution in [0.15, 0.2) is 48.5 Å². The summed E-state index contributed by atoms with van der Waals surface area (Å²) in [6, 6.07) is 16.4. The van der Waals surface area contributed by atoms with Crippen LogP contribution in [-0.4, -0.2) is 30.3 Å². The predicted molar refractivity (Wildman–Crippen MR) is 113 cm³/mol. The van der Waals surface area contributed by atoms with Gasteiger partial charge in [0, 0.05) is 12.5 Å². The summed E-state index contributed by atoms with van der Waals surface area (Å²) < 4.78 is 5.49. The Hall–Kier alpha value is -2.82. The molecule has 3 rings (SSSR count). The second kappa shape index (κ2) is 9.59. The minimum Gasteiger partial charge on any atom is -0.481 e. The van der Waals surface area contributed by atoms with Crippen LogP contribution in [0.4, 0.5) is 4.79 Å². The number of rotatable bonds is 9. The Morgan fingerprint density at radius 3 is 2.17 bits per heavy atom. The summed E-state index contributed by atoms with van der Waals surface area (Å²) in [4.78, 5) is 23.4. The number of fused-ring (bicyclic) bond motifs is 3. The van der Waals surface area contributed by atoms with Gasteiger partial charge >= 0.3 is 12.1 Å². The van der Waals surface area contributed by atoms with E-state index in [1.54, 1.807) is 0 Å². The third kappa shape index (κ3) is 5.17. The molecule has 0 radical (unpaired) electrons. The summed E-state index contributed by atoms with van der Waals surface area (Å²) in [6.45, 7) is 4.74. The van der Waals surface area contributed by atoms with Gasteiger partial charge in [-0.2, -0.15) is 0 Å². The third-order valence-corrected chi connectivity index (χ3v) is 5.45.